The van der Waals surface area contributed by atoms with Gasteiger partial charge < -0.3 is 0 Å². The van der Waals surface area contributed by atoms with Gasteiger partial charge in [-0.2, -0.15) is 5.10 Å². The zero-order chi connectivity index (χ0) is 29.5. The predicted molar refractivity (Wildman–Crippen MR) is 190 cm³/mol. The molecule has 0 atom stereocenters. The van der Waals surface area contributed by atoms with Crippen LogP contribution in [0, 0.1) is 0 Å². The van der Waals surface area contributed by atoms with Crippen LogP contribution in [0.2, 0.25) is 0 Å². The molecular weight excluding hydrogens is 544 g/mol. The van der Waals surface area contributed by atoms with Crippen LogP contribution < -0.4 is 0 Å². The van der Waals surface area contributed by atoms with Gasteiger partial charge in [-0.1, -0.05) is 140 Å². The smallest absolute Gasteiger partial charge is 0.102 e. The molecule has 0 bridgehead atoms. The van der Waals surface area contributed by atoms with Crippen molar-refractivity contribution in [3.63, 3.8) is 0 Å². The number of nitrogens with zero attached hydrogens (tertiary/aromatic N) is 2. The van der Waals surface area contributed by atoms with Crippen LogP contribution >= 0.6 is 0 Å². The molecule has 2 nitrogen and oxygen atoms in total. The summed E-state index contributed by atoms with van der Waals surface area (Å²) in [5, 5.41) is 18.1. The highest BCUT2D eigenvalue weighted by atomic mass is 15.2. The lowest BCUT2D eigenvalue weighted by Gasteiger charge is -2.14. The molecule has 0 saturated heterocycles. The first-order valence-corrected chi connectivity index (χ1v) is 15.5. The first-order valence-electron chi connectivity index (χ1n) is 15.5. The van der Waals surface area contributed by atoms with E-state index in [1.165, 1.54) is 53.9 Å². The van der Waals surface area contributed by atoms with Crippen molar-refractivity contribution in [3.05, 3.63) is 158 Å². The minimum absolute atomic E-state index is 0.999. The van der Waals surface area contributed by atoms with E-state index in [4.69, 9.17) is 5.10 Å². The van der Waals surface area contributed by atoms with E-state index >= 15 is 0 Å². The maximum atomic E-state index is 5.59. The maximum absolute atomic E-state index is 5.59. The van der Waals surface area contributed by atoms with E-state index in [2.05, 4.69) is 162 Å². The molecule has 0 spiro atoms. The highest BCUT2D eigenvalue weighted by molar-refractivity contribution is 6.27. The SMILES string of the molecule is c1ccc(-c2c(-c3cc4cccc5ccc6cccc3c6c54)nn3c(-c4ccc5ccccc5c4)cc4ccccc4c23)cc1. The minimum atomic E-state index is 0.999. The molecule has 208 valence electrons. The molecule has 0 radical (unpaired) electrons. The number of pyridine rings is 1. The number of aromatic nitrogens is 2. The van der Waals surface area contributed by atoms with Crippen molar-refractivity contribution in [2.45, 2.75) is 0 Å². The second kappa shape index (κ2) is 9.25. The topological polar surface area (TPSA) is 17.3 Å². The van der Waals surface area contributed by atoms with Gasteiger partial charge in [0.2, 0.25) is 0 Å². The summed E-state index contributed by atoms with van der Waals surface area (Å²) >= 11 is 0. The predicted octanol–water partition coefficient (Wildman–Crippen LogP) is 11.5. The zero-order valence-electron chi connectivity index (χ0n) is 24.4. The largest absolute Gasteiger partial charge is 0.231 e. The Bertz CT molecular complexity index is 2750. The Labute approximate surface area is 259 Å². The third-order valence-corrected chi connectivity index (χ3v) is 9.49. The van der Waals surface area contributed by atoms with E-state index in [0.717, 1.165) is 39.2 Å². The molecule has 0 saturated carbocycles. The van der Waals surface area contributed by atoms with E-state index in [1.807, 2.05) is 0 Å². The summed E-state index contributed by atoms with van der Waals surface area (Å²) in [5.74, 6) is 0. The van der Waals surface area contributed by atoms with Crippen LogP contribution in [0.1, 0.15) is 0 Å². The molecule has 45 heavy (non-hydrogen) atoms. The lowest BCUT2D eigenvalue weighted by Crippen LogP contribution is -1.96. The van der Waals surface area contributed by atoms with E-state index in [1.54, 1.807) is 0 Å². The van der Waals surface area contributed by atoms with Gasteiger partial charge in [-0.25, -0.2) is 4.52 Å². The fourth-order valence-electron chi connectivity index (χ4n) is 7.47. The molecule has 0 aliphatic heterocycles. The fraction of sp³-hybridized carbons (Fsp3) is 0. The summed E-state index contributed by atoms with van der Waals surface area (Å²) in [6.45, 7) is 0. The van der Waals surface area contributed by atoms with Gasteiger partial charge in [0.15, 0.2) is 0 Å². The Morgan fingerprint density at radius 1 is 0.400 bits per heavy atom. The van der Waals surface area contributed by atoms with Crippen LogP contribution in [0.5, 0.6) is 0 Å². The molecule has 2 aromatic heterocycles. The Kier molecular flexibility index (Phi) is 5.03. The first kappa shape index (κ1) is 24.5. The van der Waals surface area contributed by atoms with E-state index in [-0.39, 0.29) is 0 Å². The molecule has 0 aliphatic rings. The van der Waals surface area contributed by atoms with Crippen molar-refractivity contribution in [1.29, 1.82) is 0 Å². The van der Waals surface area contributed by atoms with Gasteiger partial charge in [-0.3, -0.25) is 0 Å². The molecule has 10 rings (SSSR count). The molecule has 2 heteroatoms. The standard InChI is InChI=1S/C43H26N2/c1-2-11-28(12-3-1)41-42(37-25-34-17-8-15-29-21-22-30-16-9-19-36(37)40(30)39(29)34)44-45-38(26-32-14-6-7-18-35(32)43(41)45)33-23-20-27-10-4-5-13-31(27)24-33/h1-26H. The van der Waals surface area contributed by atoms with E-state index in [9.17, 15) is 0 Å². The number of rotatable bonds is 3. The number of fused-ring (bicyclic) bond motifs is 4. The molecule has 0 amide bonds. The summed E-state index contributed by atoms with van der Waals surface area (Å²) in [6, 6.07) is 57.3. The summed E-state index contributed by atoms with van der Waals surface area (Å²) in [5.41, 5.74) is 7.82. The number of benzene rings is 8. The molecule has 0 aliphatic carbocycles. The van der Waals surface area contributed by atoms with Crippen LogP contribution in [0.15, 0.2) is 158 Å². The molecule has 0 N–H and O–H groups in total. The fourth-order valence-corrected chi connectivity index (χ4v) is 7.47. The van der Waals surface area contributed by atoms with E-state index in [0.29, 0.717) is 0 Å². The van der Waals surface area contributed by atoms with Crippen LogP contribution in [0.3, 0.4) is 0 Å². The number of hydrogen-bond acceptors (Lipinski definition) is 1. The van der Waals surface area contributed by atoms with Gasteiger partial charge in [0.1, 0.15) is 5.69 Å². The van der Waals surface area contributed by atoms with Crippen LogP contribution in [0.25, 0.3) is 93.0 Å². The van der Waals surface area contributed by atoms with Crippen molar-refractivity contribution in [2.24, 2.45) is 0 Å². The Morgan fingerprint density at radius 3 is 1.91 bits per heavy atom. The summed E-state index contributed by atoms with van der Waals surface area (Å²) in [4.78, 5) is 0. The average Bonchev–Trinajstić information content (AvgIpc) is 3.51. The van der Waals surface area contributed by atoms with E-state index < -0.39 is 0 Å². The van der Waals surface area contributed by atoms with Crippen LogP contribution in [-0.2, 0) is 0 Å². The quantitative estimate of drug-likeness (QED) is 0.193. The molecule has 2 heterocycles. The average molecular weight is 571 g/mol. The van der Waals surface area contributed by atoms with Crippen molar-refractivity contribution in [3.8, 4) is 33.6 Å². The normalized spacial score (nSPS) is 12.0. The van der Waals surface area contributed by atoms with Gasteiger partial charge in [0, 0.05) is 22.1 Å². The third-order valence-electron chi connectivity index (χ3n) is 9.49. The molecule has 0 fully saturated rings. The minimum Gasteiger partial charge on any atom is -0.231 e. The van der Waals surface area contributed by atoms with Crippen molar-refractivity contribution in [2.75, 3.05) is 0 Å². The summed E-state index contributed by atoms with van der Waals surface area (Å²) < 4.78 is 2.20. The highest BCUT2D eigenvalue weighted by Crippen LogP contribution is 2.45. The first-order chi connectivity index (χ1) is 22.3. The van der Waals surface area contributed by atoms with Gasteiger partial charge in [-0.15, -0.1) is 0 Å². The Morgan fingerprint density at radius 2 is 1.04 bits per heavy atom. The zero-order valence-corrected chi connectivity index (χ0v) is 24.4. The lowest BCUT2D eigenvalue weighted by atomic mass is 9.88. The Hall–Kier alpha value is -5.99. The van der Waals surface area contributed by atoms with Gasteiger partial charge in [0.25, 0.3) is 0 Å². The molecule has 0 unspecified atom stereocenters. The van der Waals surface area contributed by atoms with Crippen molar-refractivity contribution in [1.82, 2.24) is 9.61 Å². The highest BCUT2D eigenvalue weighted by Gasteiger charge is 2.24. The molecular formula is C43H26N2. The van der Waals surface area contributed by atoms with Crippen molar-refractivity contribution >= 4 is 59.4 Å². The second-order valence-electron chi connectivity index (χ2n) is 12.0. The summed E-state index contributed by atoms with van der Waals surface area (Å²) in [7, 11) is 0. The second-order valence-corrected chi connectivity index (χ2v) is 12.0. The molecule has 10 aromatic rings. The van der Waals surface area contributed by atoms with Crippen LogP contribution in [0.4, 0.5) is 0 Å². The van der Waals surface area contributed by atoms with Crippen molar-refractivity contribution < 1.29 is 0 Å². The molecule has 8 aromatic carbocycles. The van der Waals surface area contributed by atoms with Gasteiger partial charge in [0.05, 0.1) is 11.2 Å². The van der Waals surface area contributed by atoms with Gasteiger partial charge >= 0.3 is 0 Å². The Balaban J connectivity index is 1.40. The van der Waals surface area contributed by atoms with Gasteiger partial charge in [-0.05, 0) is 72.2 Å². The maximum Gasteiger partial charge on any atom is 0.102 e. The summed E-state index contributed by atoms with van der Waals surface area (Å²) in [6.07, 6.45) is 0. The van der Waals surface area contributed by atoms with Crippen LogP contribution in [-0.4, -0.2) is 9.61 Å². The third kappa shape index (κ3) is 3.54. The monoisotopic (exact) mass is 570 g/mol. The number of hydrogen-bond donors (Lipinski definition) is 0. The lowest BCUT2D eigenvalue weighted by molar-refractivity contribution is 0.981.